The van der Waals surface area contributed by atoms with Gasteiger partial charge in [0.1, 0.15) is 0 Å². The molecule has 6 heteroatoms. The fourth-order valence-electron chi connectivity index (χ4n) is 4.34. The first-order valence-corrected chi connectivity index (χ1v) is 11.8. The number of rotatable bonds is 6. The summed E-state index contributed by atoms with van der Waals surface area (Å²) >= 11 is 6.55. The summed E-state index contributed by atoms with van der Waals surface area (Å²) in [7, 11) is 0. The van der Waals surface area contributed by atoms with E-state index in [0.29, 0.717) is 34.9 Å². The zero-order chi connectivity index (χ0) is 24.1. The van der Waals surface area contributed by atoms with Gasteiger partial charge in [-0.1, -0.05) is 54.1 Å². The molecule has 0 bridgehead atoms. The third-order valence-corrected chi connectivity index (χ3v) is 6.39. The summed E-state index contributed by atoms with van der Waals surface area (Å²) in [5.41, 5.74) is 4.41. The molecule has 2 amide bonds. The minimum atomic E-state index is -0.215. The van der Waals surface area contributed by atoms with Crippen LogP contribution in [0.4, 0.5) is 11.4 Å². The molecule has 174 valence electrons. The van der Waals surface area contributed by atoms with Crippen LogP contribution in [0.5, 0.6) is 0 Å². The lowest BCUT2D eigenvalue weighted by atomic mass is 10.0. The highest BCUT2D eigenvalue weighted by Gasteiger charge is 2.27. The van der Waals surface area contributed by atoms with E-state index in [9.17, 15) is 9.59 Å². The van der Waals surface area contributed by atoms with E-state index in [1.54, 1.807) is 29.2 Å². The highest BCUT2D eigenvalue weighted by molar-refractivity contribution is 6.35. The maximum absolute atomic E-state index is 13.6. The molecule has 3 aromatic rings. The van der Waals surface area contributed by atoms with Crippen LogP contribution < -0.4 is 15.5 Å². The van der Waals surface area contributed by atoms with Crippen molar-refractivity contribution in [3.8, 4) is 0 Å². The number of amides is 2. The first-order valence-electron chi connectivity index (χ1n) is 11.4. The van der Waals surface area contributed by atoms with Crippen LogP contribution in [0, 0.1) is 6.92 Å². The topological polar surface area (TPSA) is 61.4 Å². The predicted molar refractivity (Wildman–Crippen MR) is 139 cm³/mol. The van der Waals surface area contributed by atoms with Gasteiger partial charge in [0.2, 0.25) is 0 Å². The van der Waals surface area contributed by atoms with Gasteiger partial charge in [-0.15, -0.1) is 6.58 Å². The van der Waals surface area contributed by atoms with Crippen molar-refractivity contribution in [1.82, 2.24) is 5.32 Å². The molecule has 0 aromatic heterocycles. The number of nitrogens with one attached hydrogen (secondary N) is 2. The Balaban J connectivity index is 1.57. The van der Waals surface area contributed by atoms with Crippen molar-refractivity contribution in [2.45, 2.75) is 25.8 Å². The molecule has 3 aromatic carbocycles. The highest BCUT2D eigenvalue weighted by Crippen LogP contribution is 2.34. The van der Waals surface area contributed by atoms with E-state index in [2.05, 4.69) is 23.3 Å². The average molecular weight is 474 g/mol. The number of fused-ring (bicyclic) bond motifs is 1. The number of nitrogens with zero attached hydrogens (tertiary/aromatic N) is 1. The SMILES string of the molecule is C=CCNC1CCCN(C(=O)c2ccc(NC(=O)c3ccccc3C)cc2Cl)c2ccccc21. The Morgan fingerprint density at radius 2 is 1.85 bits per heavy atom. The van der Waals surface area contributed by atoms with Crippen LogP contribution in [0.2, 0.25) is 5.02 Å². The van der Waals surface area contributed by atoms with Crippen molar-refractivity contribution in [3.63, 3.8) is 0 Å². The normalized spacial score (nSPS) is 15.2. The Kier molecular flexibility index (Phi) is 7.46. The Hall–Kier alpha value is -3.41. The van der Waals surface area contributed by atoms with Crippen LogP contribution >= 0.6 is 11.6 Å². The molecule has 1 aliphatic heterocycles. The van der Waals surface area contributed by atoms with E-state index in [0.717, 1.165) is 29.7 Å². The number of carbonyl (C=O) groups is 2. The van der Waals surface area contributed by atoms with Gasteiger partial charge in [-0.25, -0.2) is 0 Å². The molecule has 0 saturated carbocycles. The first kappa shape index (κ1) is 23.7. The number of aryl methyl sites for hydroxylation is 1. The first-order chi connectivity index (χ1) is 16.5. The Bertz CT molecular complexity index is 1220. The van der Waals surface area contributed by atoms with E-state index >= 15 is 0 Å². The fourth-order valence-corrected chi connectivity index (χ4v) is 4.61. The van der Waals surface area contributed by atoms with Gasteiger partial charge in [0.05, 0.1) is 10.6 Å². The third-order valence-electron chi connectivity index (χ3n) is 6.08. The summed E-state index contributed by atoms with van der Waals surface area (Å²) in [5.74, 6) is -0.369. The minimum Gasteiger partial charge on any atom is -0.322 e. The van der Waals surface area contributed by atoms with Crippen LogP contribution in [0.1, 0.15) is 50.7 Å². The molecule has 5 nitrogen and oxygen atoms in total. The number of para-hydroxylation sites is 1. The van der Waals surface area contributed by atoms with Crippen molar-refractivity contribution < 1.29 is 9.59 Å². The van der Waals surface area contributed by atoms with Gasteiger partial charge < -0.3 is 15.5 Å². The average Bonchev–Trinajstić information content (AvgIpc) is 3.02. The highest BCUT2D eigenvalue weighted by atomic mass is 35.5. The van der Waals surface area contributed by atoms with Gasteiger partial charge >= 0.3 is 0 Å². The van der Waals surface area contributed by atoms with Crippen LogP contribution in [0.15, 0.2) is 79.4 Å². The molecule has 1 atom stereocenters. The second kappa shape index (κ2) is 10.7. The molecular weight excluding hydrogens is 446 g/mol. The Morgan fingerprint density at radius 3 is 2.62 bits per heavy atom. The van der Waals surface area contributed by atoms with E-state index in [1.807, 2.05) is 49.4 Å². The molecule has 1 unspecified atom stereocenters. The lowest BCUT2D eigenvalue weighted by Gasteiger charge is -2.25. The van der Waals surface area contributed by atoms with Gasteiger partial charge in [-0.2, -0.15) is 0 Å². The molecule has 34 heavy (non-hydrogen) atoms. The molecule has 0 radical (unpaired) electrons. The lowest BCUT2D eigenvalue weighted by molar-refractivity contribution is 0.0986. The lowest BCUT2D eigenvalue weighted by Crippen LogP contribution is -2.32. The number of benzene rings is 3. The third kappa shape index (κ3) is 5.06. The fraction of sp³-hybridized carbons (Fsp3) is 0.214. The quantitative estimate of drug-likeness (QED) is 0.421. The largest absolute Gasteiger partial charge is 0.322 e. The van der Waals surface area contributed by atoms with E-state index in [1.165, 1.54) is 0 Å². The van der Waals surface area contributed by atoms with Crippen molar-refractivity contribution >= 4 is 34.8 Å². The van der Waals surface area contributed by atoms with Crippen LogP contribution in [-0.2, 0) is 0 Å². The summed E-state index contributed by atoms with van der Waals surface area (Å²) in [6, 6.07) is 20.5. The number of hydrogen-bond acceptors (Lipinski definition) is 3. The summed E-state index contributed by atoms with van der Waals surface area (Å²) < 4.78 is 0. The number of hydrogen-bond donors (Lipinski definition) is 2. The zero-order valence-corrected chi connectivity index (χ0v) is 19.9. The summed E-state index contributed by atoms with van der Waals surface area (Å²) in [6.07, 6.45) is 3.62. The van der Waals surface area contributed by atoms with Crippen LogP contribution in [-0.4, -0.2) is 24.9 Å². The van der Waals surface area contributed by atoms with E-state index in [4.69, 9.17) is 11.6 Å². The molecule has 0 saturated heterocycles. The van der Waals surface area contributed by atoms with Crippen LogP contribution in [0.25, 0.3) is 0 Å². The van der Waals surface area contributed by atoms with Gasteiger partial charge in [0.15, 0.2) is 0 Å². The van der Waals surface area contributed by atoms with Crippen molar-refractivity contribution in [2.75, 3.05) is 23.3 Å². The number of carbonyl (C=O) groups excluding carboxylic acids is 2. The monoisotopic (exact) mass is 473 g/mol. The smallest absolute Gasteiger partial charge is 0.259 e. The minimum absolute atomic E-state index is 0.154. The van der Waals surface area contributed by atoms with E-state index < -0.39 is 0 Å². The molecule has 2 N–H and O–H groups in total. The standard InChI is InChI=1S/C28H28ClN3O2/c1-3-16-30-25-12-8-17-32(26-13-7-6-11-23(25)26)28(34)22-15-14-20(18-24(22)29)31-27(33)21-10-5-4-9-19(21)2/h3-7,9-11,13-15,18,25,30H,1,8,12,16-17H2,2H3,(H,31,33). The summed E-state index contributed by atoms with van der Waals surface area (Å²) in [6.45, 7) is 6.99. The Labute approximate surface area is 205 Å². The van der Waals surface area contributed by atoms with Crippen LogP contribution in [0.3, 0.4) is 0 Å². The molecule has 0 aliphatic carbocycles. The maximum Gasteiger partial charge on any atom is 0.259 e. The molecular formula is C28H28ClN3O2. The van der Waals surface area contributed by atoms with Crippen molar-refractivity contribution in [2.24, 2.45) is 0 Å². The molecule has 1 heterocycles. The van der Waals surface area contributed by atoms with Gasteiger partial charge in [-0.05, 0) is 61.2 Å². The molecule has 1 aliphatic rings. The van der Waals surface area contributed by atoms with Crippen molar-refractivity contribution in [1.29, 1.82) is 0 Å². The summed E-state index contributed by atoms with van der Waals surface area (Å²) in [5, 5.41) is 6.67. The predicted octanol–water partition coefficient (Wildman–Crippen LogP) is 6.16. The molecule has 0 fully saturated rings. The second-order valence-electron chi connectivity index (χ2n) is 8.37. The number of halogens is 1. The number of anilines is 2. The Morgan fingerprint density at radius 1 is 1.09 bits per heavy atom. The zero-order valence-electron chi connectivity index (χ0n) is 19.2. The molecule has 0 spiro atoms. The van der Waals surface area contributed by atoms with Gasteiger partial charge in [-0.3, -0.25) is 9.59 Å². The second-order valence-corrected chi connectivity index (χ2v) is 8.78. The van der Waals surface area contributed by atoms with E-state index in [-0.39, 0.29) is 17.9 Å². The van der Waals surface area contributed by atoms with Gasteiger partial charge in [0, 0.05) is 36.1 Å². The maximum atomic E-state index is 13.6. The molecule has 4 rings (SSSR count). The summed E-state index contributed by atoms with van der Waals surface area (Å²) in [4.78, 5) is 28.0. The van der Waals surface area contributed by atoms with Crippen molar-refractivity contribution in [3.05, 3.63) is 107 Å². The van der Waals surface area contributed by atoms with Gasteiger partial charge in [0.25, 0.3) is 11.8 Å².